The molecule has 0 bridgehead atoms. The maximum Gasteiger partial charge on any atom is 0.407 e. The van der Waals surface area contributed by atoms with Crippen LogP contribution in [0.15, 0.2) is 85.2 Å². The highest BCUT2D eigenvalue weighted by atomic mass is 16.5. The van der Waals surface area contributed by atoms with Gasteiger partial charge in [-0.3, -0.25) is 9.59 Å². The molecule has 0 saturated carbocycles. The third-order valence-corrected chi connectivity index (χ3v) is 13.0. The van der Waals surface area contributed by atoms with Crippen molar-refractivity contribution in [1.82, 2.24) is 44.9 Å². The van der Waals surface area contributed by atoms with Crippen LogP contribution in [-0.4, -0.2) is 97.7 Å². The van der Waals surface area contributed by atoms with Crippen molar-refractivity contribution in [1.29, 1.82) is 0 Å². The van der Waals surface area contributed by atoms with E-state index in [1.807, 2.05) is 68.0 Å². The molecule has 6 aromatic rings. The number of nitrogens with zero attached hydrogens (tertiary/aromatic N) is 5. The molecular weight excluding hydrogens is 827 g/mol. The molecule has 0 spiro atoms. The van der Waals surface area contributed by atoms with Crippen LogP contribution in [0.1, 0.15) is 88.9 Å². The lowest BCUT2D eigenvalue weighted by Gasteiger charge is -2.30. The molecule has 2 saturated heterocycles. The van der Waals surface area contributed by atoms with Gasteiger partial charge in [-0.05, 0) is 67.9 Å². The van der Waals surface area contributed by atoms with E-state index >= 15 is 0 Å². The zero-order valence-electron chi connectivity index (χ0n) is 37.5. The summed E-state index contributed by atoms with van der Waals surface area (Å²) in [4.78, 5) is 72.0. The van der Waals surface area contributed by atoms with Crippen LogP contribution in [0.3, 0.4) is 0 Å². The summed E-state index contributed by atoms with van der Waals surface area (Å²) in [5.74, 6) is 1.55. The van der Waals surface area contributed by atoms with Crippen molar-refractivity contribution >= 4 is 34.9 Å². The topological polar surface area (TPSA) is 189 Å². The lowest BCUT2D eigenvalue weighted by molar-refractivity contribution is -0.136. The molecule has 3 aliphatic heterocycles. The molecule has 16 nitrogen and oxygen atoms in total. The molecule has 6 heterocycles. The van der Waals surface area contributed by atoms with Crippen LogP contribution in [0.25, 0.3) is 44.7 Å². The average molecular weight is 882 g/mol. The Morgan fingerprint density at radius 3 is 1.78 bits per heavy atom. The summed E-state index contributed by atoms with van der Waals surface area (Å²) >= 11 is 0. The Morgan fingerprint density at radius 2 is 1.25 bits per heavy atom. The maximum absolute atomic E-state index is 13.8. The van der Waals surface area contributed by atoms with Crippen molar-refractivity contribution < 1.29 is 33.4 Å². The van der Waals surface area contributed by atoms with Gasteiger partial charge in [-0.2, -0.15) is 0 Å². The number of likely N-dealkylation sites (tertiary alicyclic amines) is 2. The number of hydrogen-bond acceptors (Lipinski definition) is 9. The largest absolute Gasteiger partial charge is 0.465 e. The second-order valence-electron chi connectivity index (χ2n) is 17.7. The number of hydrogen-bond donors (Lipinski definition) is 4. The first kappa shape index (κ1) is 43.2. The first-order valence-electron chi connectivity index (χ1n) is 22.4. The molecule has 9 rings (SSSR count). The van der Waals surface area contributed by atoms with Gasteiger partial charge in [-0.15, -0.1) is 0 Å². The van der Waals surface area contributed by atoms with Crippen LogP contribution in [0.5, 0.6) is 5.75 Å². The Kier molecular flexibility index (Phi) is 11.8. The minimum atomic E-state index is -0.720. The third kappa shape index (κ3) is 8.17. The molecule has 65 heavy (non-hydrogen) atoms. The van der Waals surface area contributed by atoms with Crippen molar-refractivity contribution in [2.24, 2.45) is 11.8 Å². The fourth-order valence-corrected chi connectivity index (χ4v) is 9.56. The number of amides is 4. The molecule has 5 atom stereocenters. The standard InChI is InChI=1S/C49H55N9O7/c1-27(2)41(54-48(61)63-5)45(59)56-20-10-14-37(56)43-50-25-34(52-43)30-17-19-36-32(22-30)23-39-33-18-16-31(24-40(33)65-47(58(36)39)29-12-8-7-9-13-29)35-26-51-44(53-35)38-15-11-21-57(38)46(60)42(28(3)4)55-49(62)64-6/h7-9,12-13,16-19,22-28,37-38,41-42,47H,10-11,14-15,20-21H2,1-6H3,(H,50,52)(H,51,53)(H,54,61)(H,55,62)/t37-,38-,41-,42?,47?/m0/s1. The highest BCUT2D eigenvalue weighted by Gasteiger charge is 2.39. The minimum Gasteiger partial charge on any atom is -0.465 e. The monoisotopic (exact) mass is 881 g/mol. The predicted molar refractivity (Wildman–Crippen MR) is 243 cm³/mol. The predicted octanol–water partition coefficient (Wildman–Crippen LogP) is 8.12. The fourth-order valence-electron chi connectivity index (χ4n) is 9.56. The second-order valence-corrected chi connectivity index (χ2v) is 17.7. The van der Waals surface area contributed by atoms with Crippen LogP contribution >= 0.6 is 0 Å². The summed E-state index contributed by atoms with van der Waals surface area (Å²) < 4.78 is 18.8. The number of carbonyl (C=O) groups is 4. The van der Waals surface area contributed by atoms with E-state index in [4.69, 9.17) is 24.2 Å². The molecule has 2 unspecified atom stereocenters. The molecule has 0 aliphatic carbocycles. The van der Waals surface area contributed by atoms with Gasteiger partial charge in [-0.1, -0.05) is 70.2 Å². The van der Waals surface area contributed by atoms with Gasteiger partial charge >= 0.3 is 12.2 Å². The Balaban J connectivity index is 1.00. The highest BCUT2D eigenvalue weighted by molar-refractivity contribution is 5.93. The zero-order valence-corrected chi connectivity index (χ0v) is 37.5. The molecule has 2 fully saturated rings. The summed E-state index contributed by atoms with van der Waals surface area (Å²) in [6.07, 6.45) is 5.05. The highest BCUT2D eigenvalue weighted by Crippen LogP contribution is 2.46. The minimum absolute atomic E-state index is 0.128. The molecule has 4 amide bonds. The van der Waals surface area contributed by atoms with Crippen LogP contribution in [0, 0.1) is 11.8 Å². The van der Waals surface area contributed by atoms with Gasteiger partial charge in [0, 0.05) is 40.7 Å². The number of alkyl carbamates (subject to hydrolysis) is 2. The molecule has 3 aliphatic rings. The van der Waals surface area contributed by atoms with E-state index in [9.17, 15) is 19.2 Å². The quantitative estimate of drug-likeness (QED) is 0.0997. The Bertz CT molecular complexity index is 2740. The maximum atomic E-state index is 13.8. The van der Waals surface area contributed by atoms with Crippen molar-refractivity contribution in [3.05, 3.63) is 102 Å². The first-order valence-corrected chi connectivity index (χ1v) is 22.4. The number of methoxy groups -OCH3 is 2. The SMILES string of the molecule is COC(=O)NC(C(=O)N1CCC[C@H]1c1ncc(-c2ccc3c(c2)OC(c2ccccc2)n2c-3cc3cc(-c4cnc([C@@H]5CCCN5C(=O)[C@@H](NC(=O)OC)C(C)C)[nH]4)ccc32)[nH]1)C(C)C. The molecule has 338 valence electrons. The Hall–Kier alpha value is -7.10. The molecule has 3 aromatic heterocycles. The number of rotatable bonds is 11. The number of benzene rings is 3. The van der Waals surface area contributed by atoms with E-state index in [1.165, 1.54) is 14.2 Å². The van der Waals surface area contributed by atoms with Crippen LogP contribution < -0.4 is 15.4 Å². The smallest absolute Gasteiger partial charge is 0.407 e. The number of ether oxygens (including phenoxy) is 3. The Morgan fingerprint density at radius 1 is 0.708 bits per heavy atom. The molecule has 0 radical (unpaired) electrons. The molecule has 16 heteroatoms. The molecule has 4 N–H and O–H groups in total. The summed E-state index contributed by atoms with van der Waals surface area (Å²) in [5, 5.41) is 6.46. The van der Waals surface area contributed by atoms with Crippen LogP contribution in [0.4, 0.5) is 9.59 Å². The zero-order chi connectivity index (χ0) is 45.5. The van der Waals surface area contributed by atoms with Crippen molar-refractivity contribution in [3.63, 3.8) is 0 Å². The lowest BCUT2D eigenvalue weighted by Crippen LogP contribution is -2.51. The summed E-state index contributed by atoms with van der Waals surface area (Å²) in [5.41, 5.74) is 7.43. The van der Waals surface area contributed by atoms with E-state index < -0.39 is 30.5 Å². The van der Waals surface area contributed by atoms with Gasteiger partial charge in [0.2, 0.25) is 18.0 Å². The van der Waals surface area contributed by atoms with Gasteiger partial charge in [0.15, 0.2) is 0 Å². The number of imidazole rings is 2. The van der Waals surface area contributed by atoms with Gasteiger partial charge in [-0.25, -0.2) is 19.6 Å². The summed E-state index contributed by atoms with van der Waals surface area (Å²) in [7, 11) is 2.58. The van der Waals surface area contributed by atoms with Crippen LogP contribution in [0.2, 0.25) is 0 Å². The van der Waals surface area contributed by atoms with Gasteiger partial charge in [0.1, 0.15) is 29.5 Å². The van der Waals surface area contributed by atoms with Gasteiger partial charge in [0.05, 0.1) is 61.3 Å². The number of nitrogens with one attached hydrogen (secondary N) is 4. The fraction of sp³-hybridized carbons (Fsp3) is 0.388. The van der Waals surface area contributed by atoms with E-state index in [-0.39, 0.29) is 35.7 Å². The van der Waals surface area contributed by atoms with E-state index in [0.717, 1.165) is 81.7 Å². The van der Waals surface area contributed by atoms with E-state index in [2.05, 4.69) is 73.7 Å². The molecular formula is C49H55N9O7. The van der Waals surface area contributed by atoms with Crippen LogP contribution in [-0.2, 0) is 19.1 Å². The van der Waals surface area contributed by atoms with Crippen molar-refractivity contribution in [3.8, 4) is 39.5 Å². The summed E-state index contributed by atoms with van der Waals surface area (Å²) in [6, 6.07) is 22.9. The summed E-state index contributed by atoms with van der Waals surface area (Å²) in [6.45, 7) is 8.75. The number of aromatic amines is 2. The number of H-pyrrole nitrogens is 2. The number of aromatic nitrogens is 5. The second kappa shape index (κ2) is 17.8. The normalized spacial score (nSPS) is 18.9. The van der Waals surface area contributed by atoms with Crippen molar-refractivity contribution in [2.75, 3.05) is 27.3 Å². The molecule has 3 aromatic carbocycles. The third-order valence-electron chi connectivity index (χ3n) is 13.0. The Labute approximate surface area is 377 Å². The van der Waals surface area contributed by atoms with Crippen molar-refractivity contribution in [2.45, 2.75) is 83.8 Å². The van der Waals surface area contributed by atoms with Gasteiger partial charge < -0.3 is 49.2 Å². The number of fused-ring (bicyclic) bond motifs is 5. The first-order chi connectivity index (χ1) is 31.4. The number of carbonyl (C=O) groups excluding carboxylic acids is 4. The van der Waals surface area contributed by atoms with Gasteiger partial charge in [0.25, 0.3) is 0 Å². The van der Waals surface area contributed by atoms with E-state index in [0.29, 0.717) is 24.7 Å². The van der Waals surface area contributed by atoms with E-state index in [1.54, 1.807) is 6.20 Å². The lowest BCUT2D eigenvalue weighted by atomic mass is 10.0. The average Bonchev–Trinajstić information content (AvgIpc) is 4.18.